The highest BCUT2D eigenvalue weighted by Gasteiger charge is 2.28. The van der Waals surface area contributed by atoms with E-state index in [-0.39, 0.29) is 12.6 Å². The van der Waals surface area contributed by atoms with E-state index in [1.165, 1.54) is 12.6 Å². The van der Waals surface area contributed by atoms with Crippen molar-refractivity contribution in [2.24, 2.45) is 5.92 Å². The number of hydrogen-bond acceptors (Lipinski definition) is 7. The minimum atomic E-state index is -3.47. The number of hydrogen-bond donors (Lipinski definition) is 1. The first-order chi connectivity index (χ1) is 18.5. The summed E-state index contributed by atoms with van der Waals surface area (Å²) in [5.74, 6) is 1.39. The monoisotopic (exact) mass is 567 g/mol. The van der Waals surface area contributed by atoms with Gasteiger partial charge in [0.15, 0.2) is 0 Å². The van der Waals surface area contributed by atoms with Gasteiger partial charge >= 0.3 is 0 Å². The summed E-state index contributed by atoms with van der Waals surface area (Å²) in [7, 11) is -3.47. The molecule has 39 heavy (non-hydrogen) atoms. The van der Waals surface area contributed by atoms with E-state index in [4.69, 9.17) is 16.3 Å². The van der Waals surface area contributed by atoms with Crippen LogP contribution in [0.25, 0.3) is 0 Å². The molecule has 8 nitrogen and oxygen atoms in total. The van der Waals surface area contributed by atoms with E-state index in [1.54, 1.807) is 6.07 Å². The number of anilines is 2. The predicted octanol–water partition coefficient (Wildman–Crippen LogP) is 5.90. The van der Waals surface area contributed by atoms with Crippen LogP contribution in [-0.4, -0.2) is 37.7 Å². The Morgan fingerprint density at radius 2 is 1.85 bits per heavy atom. The van der Waals surface area contributed by atoms with Gasteiger partial charge in [-0.3, -0.25) is 4.72 Å². The summed E-state index contributed by atoms with van der Waals surface area (Å²) < 4.78 is 31.0. The lowest BCUT2D eigenvalue weighted by Gasteiger charge is -2.35. The van der Waals surface area contributed by atoms with Crippen molar-refractivity contribution >= 4 is 33.3 Å². The first kappa shape index (κ1) is 28.7. The second-order valence-corrected chi connectivity index (χ2v) is 12.6. The zero-order valence-corrected chi connectivity index (χ0v) is 24.3. The Bertz CT molecular complexity index is 1460. The molecule has 1 saturated heterocycles. The molecular formula is C29H34ClN5O3S. The maximum atomic E-state index is 11.4. The summed E-state index contributed by atoms with van der Waals surface area (Å²) in [6.45, 7) is 8.45. The molecule has 1 aliphatic heterocycles. The molecule has 0 atom stereocenters. The van der Waals surface area contributed by atoms with E-state index < -0.39 is 15.4 Å². The topological polar surface area (TPSA) is 108 Å². The molecule has 3 aromatic rings. The number of ether oxygens (including phenoxy) is 1. The van der Waals surface area contributed by atoms with Gasteiger partial charge in [-0.25, -0.2) is 18.4 Å². The number of piperidine rings is 1. The lowest BCUT2D eigenvalue weighted by atomic mass is 9.77. The molecule has 2 aromatic carbocycles. The Morgan fingerprint density at radius 3 is 2.46 bits per heavy atom. The maximum absolute atomic E-state index is 11.4. The Morgan fingerprint density at radius 1 is 1.15 bits per heavy atom. The van der Waals surface area contributed by atoms with Gasteiger partial charge in [0, 0.05) is 24.7 Å². The second-order valence-electron chi connectivity index (χ2n) is 10.5. The van der Waals surface area contributed by atoms with Crippen LogP contribution >= 0.6 is 11.6 Å². The van der Waals surface area contributed by atoms with Crippen LogP contribution in [0.2, 0.25) is 5.02 Å². The number of nitrogens with zero attached hydrogens (tertiary/aromatic N) is 4. The standard InChI is InChI=1S/C29H34ClN5O3S/c1-5-20-11-14-35(15-12-20)27-21(18-31)16-23(17-26(27)30)29(2,3)22-6-8-25(9-7-22)38-19-24-10-13-32-28(33-24)34-39(4,36)37/h6-10,13,16-17,20H,5,11-12,14-15,19H2,1-4H3,(H,32,33,34). The Hall–Kier alpha value is -3.35. The fraction of sp³-hybridized carbons (Fsp3) is 0.414. The number of aromatic nitrogens is 2. The Balaban J connectivity index is 1.48. The van der Waals surface area contributed by atoms with Gasteiger partial charge in [0.25, 0.3) is 0 Å². The van der Waals surface area contributed by atoms with Crippen LogP contribution < -0.4 is 14.4 Å². The Kier molecular flexibility index (Phi) is 8.67. The number of nitrogens with one attached hydrogen (secondary N) is 1. The summed E-state index contributed by atoms with van der Waals surface area (Å²) >= 11 is 6.82. The molecule has 1 fully saturated rings. The minimum absolute atomic E-state index is 0.00237. The molecule has 1 aliphatic rings. The first-order valence-corrected chi connectivity index (χ1v) is 15.3. The van der Waals surface area contributed by atoms with Gasteiger partial charge in [0.2, 0.25) is 16.0 Å². The van der Waals surface area contributed by atoms with Crippen LogP contribution in [0.1, 0.15) is 62.4 Å². The SMILES string of the molecule is CCC1CCN(c2c(Cl)cc(C(C)(C)c3ccc(OCc4ccnc(NS(C)(=O)=O)n4)cc3)cc2C#N)CC1. The third kappa shape index (κ3) is 7.00. The van der Waals surface area contributed by atoms with Crippen molar-refractivity contribution in [3.63, 3.8) is 0 Å². The summed E-state index contributed by atoms with van der Waals surface area (Å²) in [5, 5.41) is 10.6. The van der Waals surface area contributed by atoms with Crippen LogP contribution in [0.3, 0.4) is 0 Å². The summed E-state index contributed by atoms with van der Waals surface area (Å²) in [6, 6.07) is 15.8. The van der Waals surface area contributed by atoms with Gasteiger partial charge < -0.3 is 9.64 Å². The fourth-order valence-electron chi connectivity index (χ4n) is 4.91. The van der Waals surface area contributed by atoms with Crippen molar-refractivity contribution in [1.29, 1.82) is 5.26 Å². The average molecular weight is 568 g/mol. The number of sulfonamides is 1. The highest BCUT2D eigenvalue weighted by atomic mass is 35.5. The van der Waals surface area contributed by atoms with Crippen molar-refractivity contribution in [2.75, 3.05) is 29.0 Å². The molecule has 0 unspecified atom stereocenters. The highest BCUT2D eigenvalue weighted by Crippen LogP contribution is 2.40. The van der Waals surface area contributed by atoms with E-state index in [2.05, 4.69) is 46.4 Å². The maximum Gasteiger partial charge on any atom is 0.236 e. The van der Waals surface area contributed by atoms with Crippen LogP contribution in [0, 0.1) is 17.2 Å². The van der Waals surface area contributed by atoms with Gasteiger partial charge in [0.1, 0.15) is 18.4 Å². The smallest absolute Gasteiger partial charge is 0.236 e. The highest BCUT2D eigenvalue weighted by molar-refractivity contribution is 7.91. The zero-order valence-electron chi connectivity index (χ0n) is 22.7. The van der Waals surface area contributed by atoms with Crippen molar-refractivity contribution in [2.45, 2.75) is 52.1 Å². The largest absolute Gasteiger partial charge is 0.487 e. The molecule has 0 aliphatic carbocycles. The van der Waals surface area contributed by atoms with Gasteiger partial charge in [0.05, 0.1) is 28.2 Å². The molecule has 10 heteroatoms. The van der Waals surface area contributed by atoms with Crippen molar-refractivity contribution in [3.05, 3.63) is 76.1 Å². The minimum Gasteiger partial charge on any atom is -0.487 e. The van der Waals surface area contributed by atoms with Crippen LogP contribution in [0.15, 0.2) is 48.7 Å². The number of halogens is 1. The van der Waals surface area contributed by atoms with E-state index in [0.717, 1.165) is 54.9 Å². The van der Waals surface area contributed by atoms with Crippen LogP contribution in [-0.2, 0) is 22.0 Å². The van der Waals surface area contributed by atoms with E-state index in [9.17, 15) is 13.7 Å². The fourth-order valence-corrected chi connectivity index (χ4v) is 5.68. The van der Waals surface area contributed by atoms with Gasteiger partial charge in [-0.2, -0.15) is 5.26 Å². The summed E-state index contributed by atoms with van der Waals surface area (Å²) in [4.78, 5) is 10.3. The quantitative estimate of drug-likeness (QED) is 0.342. The van der Waals surface area contributed by atoms with Crippen molar-refractivity contribution < 1.29 is 13.2 Å². The molecule has 1 N–H and O–H groups in total. The molecule has 2 heterocycles. The predicted molar refractivity (Wildman–Crippen MR) is 155 cm³/mol. The average Bonchev–Trinajstić information content (AvgIpc) is 2.91. The molecule has 0 spiro atoms. The lowest BCUT2D eigenvalue weighted by Crippen LogP contribution is -2.34. The Labute approximate surface area is 236 Å². The molecule has 0 amide bonds. The molecule has 4 rings (SSSR count). The molecule has 1 aromatic heterocycles. The number of rotatable bonds is 9. The molecular weight excluding hydrogens is 534 g/mol. The van der Waals surface area contributed by atoms with Crippen LogP contribution in [0.4, 0.5) is 11.6 Å². The number of benzene rings is 2. The lowest BCUT2D eigenvalue weighted by molar-refractivity contribution is 0.301. The van der Waals surface area contributed by atoms with Gasteiger partial charge in [-0.1, -0.05) is 50.9 Å². The zero-order chi connectivity index (χ0) is 28.2. The summed E-state index contributed by atoms with van der Waals surface area (Å²) in [5.41, 5.74) is 3.61. The molecule has 0 bridgehead atoms. The molecule has 206 valence electrons. The second kappa shape index (κ2) is 11.8. The first-order valence-electron chi connectivity index (χ1n) is 13.0. The van der Waals surface area contributed by atoms with Gasteiger partial charge in [-0.05, 0) is 60.2 Å². The molecule has 0 radical (unpaired) electrons. The van der Waals surface area contributed by atoms with Gasteiger partial charge in [-0.15, -0.1) is 0 Å². The van der Waals surface area contributed by atoms with E-state index in [0.29, 0.717) is 22.0 Å². The van der Waals surface area contributed by atoms with Crippen molar-refractivity contribution in [1.82, 2.24) is 9.97 Å². The van der Waals surface area contributed by atoms with E-state index in [1.807, 2.05) is 36.4 Å². The third-order valence-corrected chi connectivity index (χ3v) is 8.21. The van der Waals surface area contributed by atoms with Crippen molar-refractivity contribution in [3.8, 4) is 11.8 Å². The van der Waals surface area contributed by atoms with Crippen LogP contribution in [0.5, 0.6) is 5.75 Å². The van der Waals surface area contributed by atoms with E-state index >= 15 is 0 Å². The summed E-state index contributed by atoms with van der Waals surface area (Å²) in [6.07, 6.45) is 5.95. The number of nitriles is 1. The normalized spacial score (nSPS) is 14.6. The molecule has 0 saturated carbocycles. The third-order valence-electron chi connectivity index (χ3n) is 7.37.